The van der Waals surface area contributed by atoms with Crippen LogP contribution in [0.2, 0.25) is 0 Å². The van der Waals surface area contributed by atoms with Gasteiger partial charge in [-0.25, -0.2) is 0 Å². The van der Waals surface area contributed by atoms with E-state index >= 15 is 0 Å². The number of hydrogen-bond acceptors (Lipinski definition) is 4. The molecule has 2 saturated heterocycles. The standard InChI is InChI=1S/C19H26N2O2S/c1-15(22)24-14-16-11-19(23)21(12-16)18-8-4-3-7-17(18)13-20-9-5-2-6-10-20/h3-4,7-8,16H,2,5-6,9-14H2,1H3. The van der Waals surface area contributed by atoms with Crippen molar-refractivity contribution in [2.75, 3.05) is 30.3 Å². The van der Waals surface area contributed by atoms with E-state index in [4.69, 9.17) is 0 Å². The Labute approximate surface area is 148 Å². The van der Waals surface area contributed by atoms with E-state index < -0.39 is 0 Å². The molecule has 1 atom stereocenters. The Bertz CT molecular complexity index is 599. The van der Waals surface area contributed by atoms with E-state index in [1.807, 2.05) is 11.0 Å². The fourth-order valence-corrected chi connectivity index (χ4v) is 4.32. The molecular formula is C19H26N2O2S. The lowest BCUT2D eigenvalue weighted by atomic mass is 10.1. The van der Waals surface area contributed by atoms with Gasteiger partial charge in [-0.05, 0) is 43.5 Å². The first-order valence-electron chi connectivity index (χ1n) is 8.87. The Morgan fingerprint density at radius 1 is 1.21 bits per heavy atom. The molecule has 2 heterocycles. The summed E-state index contributed by atoms with van der Waals surface area (Å²) in [4.78, 5) is 28.1. The Hall–Kier alpha value is -1.33. The van der Waals surface area contributed by atoms with Gasteiger partial charge in [0.05, 0.1) is 0 Å². The Balaban J connectivity index is 1.69. The number of para-hydroxylation sites is 1. The predicted octanol–water partition coefficient (Wildman–Crippen LogP) is 3.31. The lowest BCUT2D eigenvalue weighted by Crippen LogP contribution is -2.31. The van der Waals surface area contributed by atoms with Gasteiger partial charge in [-0.2, -0.15) is 0 Å². The third-order valence-electron chi connectivity index (χ3n) is 4.85. The number of anilines is 1. The number of benzene rings is 1. The minimum atomic E-state index is 0.131. The highest BCUT2D eigenvalue weighted by Gasteiger charge is 2.32. The second-order valence-electron chi connectivity index (χ2n) is 6.84. The van der Waals surface area contributed by atoms with Gasteiger partial charge in [-0.3, -0.25) is 14.5 Å². The number of nitrogens with zero attached hydrogens (tertiary/aromatic N) is 2. The molecule has 130 valence electrons. The number of amides is 1. The summed E-state index contributed by atoms with van der Waals surface area (Å²) in [6.07, 6.45) is 4.43. The van der Waals surface area contributed by atoms with Crippen molar-refractivity contribution < 1.29 is 9.59 Å². The minimum absolute atomic E-state index is 0.131. The molecule has 0 radical (unpaired) electrons. The molecular weight excluding hydrogens is 320 g/mol. The summed E-state index contributed by atoms with van der Waals surface area (Å²) in [5.74, 6) is 1.20. The first-order valence-corrected chi connectivity index (χ1v) is 9.86. The molecule has 1 aromatic rings. The van der Waals surface area contributed by atoms with E-state index in [1.165, 1.54) is 36.6 Å². The lowest BCUT2D eigenvalue weighted by Gasteiger charge is -2.28. The van der Waals surface area contributed by atoms with E-state index in [0.29, 0.717) is 6.42 Å². The molecule has 2 aliphatic heterocycles. The number of thioether (sulfide) groups is 1. The van der Waals surface area contributed by atoms with E-state index in [1.54, 1.807) is 6.92 Å². The van der Waals surface area contributed by atoms with Crippen LogP contribution in [0.4, 0.5) is 5.69 Å². The quantitative estimate of drug-likeness (QED) is 0.820. The number of piperidine rings is 1. The van der Waals surface area contributed by atoms with Crippen molar-refractivity contribution in [2.24, 2.45) is 5.92 Å². The molecule has 2 aliphatic rings. The van der Waals surface area contributed by atoms with Crippen LogP contribution in [0.15, 0.2) is 24.3 Å². The maximum Gasteiger partial charge on any atom is 0.227 e. The first-order chi connectivity index (χ1) is 11.6. The zero-order chi connectivity index (χ0) is 16.9. The van der Waals surface area contributed by atoms with Gasteiger partial charge in [0.2, 0.25) is 5.91 Å². The predicted molar refractivity (Wildman–Crippen MR) is 99.2 cm³/mol. The average molecular weight is 346 g/mol. The Kier molecular flexibility index (Phi) is 5.95. The Morgan fingerprint density at radius 2 is 1.96 bits per heavy atom. The van der Waals surface area contributed by atoms with Crippen molar-refractivity contribution in [2.45, 2.75) is 39.2 Å². The second-order valence-corrected chi connectivity index (χ2v) is 8.04. The molecule has 0 spiro atoms. The third kappa shape index (κ3) is 4.39. The highest BCUT2D eigenvalue weighted by molar-refractivity contribution is 8.13. The Morgan fingerprint density at radius 3 is 2.71 bits per heavy atom. The summed E-state index contributed by atoms with van der Waals surface area (Å²) in [5.41, 5.74) is 2.30. The molecule has 4 nitrogen and oxygen atoms in total. The molecule has 0 aliphatic carbocycles. The van der Waals surface area contributed by atoms with Crippen molar-refractivity contribution in [1.82, 2.24) is 4.90 Å². The van der Waals surface area contributed by atoms with Gasteiger partial charge in [0, 0.05) is 37.9 Å². The maximum atomic E-state index is 12.5. The highest BCUT2D eigenvalue weighted by Crippen LogP contribution is 2.31. The summed E-state index contributed by atoms with van der Waals surface area (Å²) in [5, 5.41) is 0.131. The van der Waals surface area contributed by atoms with Gasteiger partial charge >= 0.3 is 0 Å². The van der Waals surface area contributed by atoms with Gasteiger partial charge in [-0.15, -0.1) is 0 Å². The smallest absolute Gasteiger partial charge is 0.227 e. The van der Waals surface area contributed by atoms with Crippen molar-refractivity contribution in [3.05, 3.63) is 29.8 Å². The topological polar surface area (TPSA) is 40.6 Å². The van der Waals surface area contributed by atoms with Crippen LogP contribution in [-0.4, -0.2) is 41.3 Å². The normalized spacial score (nSPS) is 22.1. The van der Waals surface area contributed by atoms with Crippen molar-refractivity contribution in [1.29, 1.82) is 0 Å². The largest absolute Gasteiger partial charge is 0.312 e. The van der Waals surface area contributed by atoms with Gasteiger partial charge in [-0.1, -0.05) is 36.4 Å². The summed E-state index contributed by atoms with van der Waals surface area (Å²) in [6, 6.07) is 8.29. The fraction of sp³-hybridized carbons (Fsp3) is 0.579. The molecule has 5 heteroatoms. The number of hydrogen-bond donors (Lipinski definition) is 0. The van der Waals surface area contributed by atoms with Crippen molar-refractivity contribution >= 4 is 28.5 Å². The molecule has 24 heavy (non-hydrogen) atoms. The molecule has 2 fully saturated rings. The number of carbonyl (C=O) groups is 2. The molecule has 0 saturated carbocycles. The van der Waals surface area contributed by atoms with Crippen LogP contribution in [0, 0.1) is 5.92 Å². The molecule has 0 bridgehead atoms. The zero-order valence-electron chi connectivity index (χ0n) is 14.4. The van der Waals surface area contributed by atoms with Crippen LogP contribution in [0.3, 0.4) is 0 Å². The highest BCUT2D eigenvalue weighted by atomic mass is 32.2. The van der Waals surface area contributed by atoms with Crippen LogP contribution in [0.5, 0.6) is 0 Å². The number of rotatable bonds is 5. The van der Waals surface area contributed by atoms with Crippen LogP contribution < -0.4 is 4.90 Å². The number of carbonyl (C=O) groups excluding carboxylic acids is 2. The molecule has 1 unspecified atom stereocenters. The molecule has 0 aromatic heterocycles. The summed E-state index contributed by atoms with van der Waals surface area (Å²) in [6.45, 7) is 5.55. The fourth-order valence-electron chi connectivity index (χ4n) is 3.63. The van der Waals surface area contributed by atoms with Crippen LogP contribution in [0.25, 0.3) is 0 Å². The molecule has 1 amide bonds. The molecule has 0 N–H and O–H groups in total. The van der Waals surface area contributed by atoms with Crippen molar-refractivity contribution in [3.63, 3.8) is 0 Å². The van der Waals surface area contributed by atoms with Gasteiger partial charge < -0.3 is 4.90 Å². The minimum Gasteiger partial charge on any atom is -0.312 e. The summed E-state index contributed by atoms with van der Waals surface area (Å²) < 4.78 is 0. The first kappa shape index (κ1) is 17.5. The summed E-state index contributed by atoms with van der Waals surface area (Å²) >= 11 is 1.33. The number of likely N-dealkylation sites (tertiary alicyclic amines) is 1. The third-order valence-corrected chi connectivity index (χ3v) is 5.90. The summed E-state index contributed by atoms with van der Waals surface area (Å²) in [7, 11) is 0. The van der Waals surface area contributed by atoms with E-state index in [2.05, 4.69) is 23.1 Å². The van der Waals surface area contributed by atoms with Crippen LogP contribution in [-0.2, 0) is 16.1 Å². The van der Waals surface area contributed by atoms with Crippen LogP contribution in [0.1, 0.15) is 38.2 Å². The van der Waals surface area contributed by atoms with Crippen molar-refractivity contribution in [3.8, 4) is 0 Å². The van der Waals surface area contributed by atoms with Gasteiger partial charge in [0.25, 0.3) is 0 Å². The zero-order valence-corrected chi connectivity index (χ0v) is 15.2. The lowest BCUT2D eigenvalue weighted by molar-refractivity contribution is -0.117. The maximum absolute atomic E-state index is 12.5. The van der Waals surface area contributed by atoms with E-state index in [0.717, 1.165) is 37.6 Å². The molecule has 3 rings (SSSR count). The SMILES string of the molecule is CC(=O)SCC1CC(=O)N(c2ccccc2CN2CCCCC2)C1. The van der Waals surface area contributed by atoms with Gasteiger partial charge in [0.15, 0.2) is 5.12 Å². The van der Waals surface area contributed by atoms with E-state index in [9.17, 15) is 9.59 Å². The monoisotopic (exact) mass is 346 g/mol. The molecule has 1 aromatic carbocycles. The van der Waals surface area contributed by atoms with Gasteiger partial charge in [0.1, 0.15) is 0 Å². The van der Waals surface area contributed by atoms with Crippen LogP contribution >= 0.6 is 11.8 Å². The van der Waals surface area contributed by atoms with E-state index in [-0.39, 0.29) is 16.9 Å². The second kappa shape index (κ2) is 8.17. The average Bonchev–Trinajstić information content (AvgIpc) is 2.95.